The molecule has 0 radical (unpaired) electrons. The molecular formula is C17H16N2O2S. The van der Waals surface area contributed by atoms with Gasteiger partial charge >= 0.3 is 0 Å². The lowest BCUT2D eigenvalue weighted by atomic mass is 10.0. The van der Waals surface area contributed by atoms with Gasteiger partial charge < -0.3 is 10.1 Å². The number of nitriles is 1. The van der Waals surface area contributed by atoms with E-state index in [1.807, 2.05) is 37.3 Å². The van der Waals surface area contributed by atoms with Crippen molar-refractivity contribution in [3.05, 3.63) is 40.8 Å². The highest BCUT2D eigenvalue weighted by molar-refractivity contribution is 7.17. The van der Waals surface area contributed by atoms with E-state index >= 15 is 0 Å². The van der Waals surface area contributed by atoms with Crippen LogP contribution in [-0.2, 0) is 9.53 Å². The molecule has 0 bridgehead atoms. The normalized spacial score (nSPS) is 17.2. The van der Waals surface area contributed by atoms with Crippen LogP contribution in [0.15, 0.2) is 30.3 Å². The largest absolute Gasteiger partial charge is 0.368 e. The van der Waals surface area contributed by atoms with E-state index in [9.17, 15) is 10.1 Å². The van der Waals surface area contributed by atoms with E-state index in [4.69, 9.17) is 4.74 Å². The van der Waals surface area contributed by atoms with Crippen molar-refractivity contribution in [2.24, 2.45) is 0 Å². The van der Waals surface area contributed by atoms with Crippen LogP contribution in [0.25, 0.3) is 11.1 Å². The lowest BCUT2D eigenvalue weighted by Crippen LogP contribution is -2.26. The topological polar surface area (TPSA) is 62.1 Å². The smallest absolute Gasteiger partial charge is 0.254 e. The van der Waals surface area contributed by atoms with Gasteiger partial charge in [0.1, 0.15) is 17.2 Å². The monoisotopic (exact) mass is 312 g/mol. The Morgan fingerprint density at radius 2 is 2.18 bits per heavy atom. The van der Waals surface area contributed by atoms with E-state index in [-0.39, 0.29) is 5.91 Å². The summed E-state index contributed by atoms with van der Waals surface area (Å²) < 4.78 is 5.39. The molecule has 1 saturated heterocycles. The fraction of sp³-hybridized carbons (Fsp3) is 0.294. The third-order valence-corrected chi connectivity index (χ3v) is 4.74. The number of carbonyl (C=O) groups excluding carboxylic acids is 1. The van der Waals surface area contributed by atoms with Crippen molar-refractivity contribution >= 4 is 22.2 Å². The summed E-state index contributed by atoms with van der Waals surface area (Å²) >= 11 is 1.44. The molecular weight excluding hydrogens is 296 g/mol. The Bertz CT molecular complexity index is 725. The number of thiophene rings is 1. The Kier molecular flexibility index (Phi) is 4.23. The molecule has 22 heavy (non-hydrogen) atoms. The molecule has 112 valence electrons. The number of benzene rings is 1. The molecule has 0 unspecified atom stereocenters. The minimum absolute atomic E-state index is 0.158. The molecule has 1 aromatic heterocycles. The van der Waals surface area contributed by atoms with Gasteiger partial charge in [-0.05, 0) is 25.3 Å². The zero-order valence-corrected chi connectivity index (χ0v) is 13.1. The van der Waals surface area contributed by atoms with Gasteiger partial charge in [-0.25, -0.2) is 0 Å². The van der Waals surface area contributed by atoms with E-state index in [2.05, 4.69) is 11.4 Å². The van der Waals surface area contributed by atoms with Gasteiger partial charge in [0.25, 0.3) is 5.91 Å². The summed E-state index contributed by atoms with van der Waals surface area (Å²) in [7, 11) is 0. The fourth-order valence-electron chi connectivity index (χ4n) is 2.67. The molecule has 1 aromatic carbocycles. The van der Waals surface area contributed by atoms with Gasteiger partial charge in [-0.2, -0.15) is 5.26 Å². The lowest BCUT2D eigenvalue weighted by molar-refractivity contribution is -0.124. The number of nitrogens with one attached hydrogen (secondary N) is 1. The molecule has 1 aliphatic heterocycles. The Morgan fingerprint density at radius 3 is 2.82 bits per heavy atom. The highest BCUT2D eigenvalue weighted by atomic mass is 32.1. The molecule has 0 spiro atoms. The summed E-state index contributed by atoms with van der Waals surface area (Å²) in [4.78, 5) is 13.2. The minimum Gasteiger partial charge on any atom is -0.368 e. The molecule has 4 nitrogen and oxygen atoms in total. The van der Waals surface area contributed by atoms with Crippen molar-refractivity contribution in [2.45, 2.75) is 25.9 Å². The van der Waals surface area contributed by atoms with Gasteiger partial charge in [-0.1, -0.05) is 30.3 Å². The number of rotatable bonds is 3. The van der Waals surface area contributed by atoms with E-state index in [0.29, 0.717) is 17.2 Å². The predicted molar refractivity (Wildman–Crippen MR) is 86.8 cm³/mol. The zero-order valence-electron chi connectivity index (χ0n) is 12.3. The average molecular weight is 312 g/mol. The summed E-state index contributed by atoms with van der Waals surface area (Å²) in [6.45, 7) is 2.59. The molecule has 5 heteroatoms. The van der Waals surface area contributed by atoms with Crippen LogP contribution in [0.5, 0.6) is 0 Å². The first-order valence-corrected chi connectivity index (χ1v) is 8.03. The number of hydrogen-bond acceptors (Lipinski definition) is 4. The second kappa shape index (κ2) is 6.30. The van der Waals surface area contributed by atoms with Crippen molar-refractivity contribution in [1.29, 1.82) is 5.26 Å². The summed E-state index contributed by atoms with van der Waals surface area (Å²) in [6.07, 6.45) is 1.25. The molecule has 3 rings (SSSR count). The molecule has 1 N–H and O–H groups in total. The van der Waals surface area contributed by atoms with Crippen LogP contribution in [0.3, 0.4) is 0 Å². The van der Waals surface area contributed by atoms with Crippen LogP contribution >= 0.6 is 11.3 Å². The van der Waals surface area contributed by atoms with Crippen molar-refractivity contribution in [3.63, 3.8) is 0 Å². The van der Waals surface area contributed by atoms with Crippen molar-refractivity contribution in [3.8, 4) is 17.2 Å². The maximum atomic E-state index is 12.2. The fourth-order valence-corrected chi connectivity index (χ4v) is 3.70. The van der Waals surface area contributed by atoms with Crippen LogP contribution in [-0.4, -0.2) is 18.6 Å². The maximum Gasteiger partial charge on any atom is 0.254 e. The van der Waals surface area contributed by atoms with Gasteiger partial charge in [-0.15, -0.1) is 11.3 Å². The summed E-state index contributed by atoms with van der Waals surface area (Å²) in [5.41, 5.74) is 2.42. The van der Waals surface area contributed by atoms with Crippen molar-refractivity contribution < 1.29 is 9.53 Å². The number of amides is 1. The molecule has 1 atom stereocenters. The van der Waals surface area contributed by atoms with Crippen LogP contribution in [0, 0.1) is 18.3 Å². The van der Waals surface area contributed by atoms with E-state index in [1.165, 1.54) is 11.3 Å². The van der Waals surface area contributed by atoms with Gasteiger partial charge in [-0.3, -0.25) is 4.79 Å². The molecule has 1 aliphatic rings. The standard InChI is InChI=1S/C17H16N2O2S/c1-11-15(12-6-3-2-4-7-12)13(10-18)17(22-11)19-16(20)14-8-5-9-21-14/h2-4,6-7,14H,5,8-9H2,1H3,(H,19,20)/t14-/m0/s1. The molecule has 0 saturated carbocycles. The summed E-state index contributed by atoms with van der Waals surface area (Å²) in [5, 5.41) is 13.0. The van der Waals surface area contributed by atoms with Crippen LogP contribution in [0.2, 0.25) is 0 Å². The number of ether oxygens (including phenoxy) is 1. The van der Waals surface area contributed by atoms with Crippen LogP contribution in [0.4, 0.5) is 5.00 Å². The number of nitrogens with zero attached hydrogens (tertiary/aromatic N) is 1. The predicted octanol–water partition coefficient (Wildman–Crippen LogP) is 3.71. The Balaban J connectivity index is 1.93. The third-order valence-electron chi connectivity index (χ3n) is 3.72. The number of aryl methyl sites for hydroxylation is 1. The van der Waals surface area contributed by atoms with Gasteiger partial charge in [0.15, 0.2) is 0 Å². The first-order valence-electron chi connectivity index (χ1n) is 7.22. The van der Waals surface area contributed by atoms with Gasteiger partial charge in [0.2, 0.25) is 0 Å². The molecule has 0 aliphatic carbocycles. The Hall–Kier alpha value is -2.16. The van der Waals surface area contributed by atoms with E-state index in [1.54, 1.807) is 0 Å². The number of hydrogen-bond donors (Lipinski definition) is 1. The first kappa shape index (κ1) is 14.8. The Morgan fingerprint density at radius 1 is 1.41 bits per heavy atom. The molecule has 1 amide bonds. The van der Waals surface area contributed by atoms with Crippen molar-refractivity contribution in [2.75, 3.05) is 11.9 Å². The third kappa shape index (κ3) is 2.76. The number of carbonyl (C=O) groups is 1. The highest BCUT2D eigenvalue weighted by Gasteiger charge is 2.26. The van der Waals surface area contributed by atoms with Gasteiger partial charge in [0, 0.05) is 17.0 Å². The minimum atomic E-state index is -0.394. The molecule has 2 heterocycles. The highest BCUT2D eigenvalue weighted by Crippen LogP contribution is 2.39. The van der Waals surface area contributed by atoms with Crippen molar-refractivity contribution in [1.82, 2.24) is 0 Å². The first-order chi connectivity index (χ1) is 10.7. The molecule has 1 fully saturated rings. The second-order valence-corrected chi connectivity index (χ2v) is 6.43. The van der Waals surface area contributed by atoms with E-state index < -0.39 is 6.10 Å². The van der Waals surface area contributed by atoms with Crippen LogP contribution < -0.4 is 5.32 Å². The van der Waals surface area contributed by atoms with Gasteiger partial charge in [0.05, 0.1) is 5.56 Å². The quantitative estimate of drug-likeness (QED) is 0.939. The summed E-state index contributed by atoms with van der Waals surface area (Å²) in [5.74, 6) is -0.158. The number of anilines is 1. The second-order valence-electron chi connectivity index (χ2n) is 5.21. The zero-order chi connectivity index (χ0) is 15.5. The lowest BCUT2D eigenvalue weighted by Gasteiger charge is -2.09. The maximum absolute atomic E-state index is 12.2. The Labute approximate surface area is 133 Å². The SMILES string of the molecule is Cc1sc(NC(=O)[C@@H]2CCCO2)c(C#N)c1-c1ccccc1. The van der Waals surface area contributed by atoms with Crippen LogP contribution in [0.1, 0.15) is 23.3 Å². The molecule has 2 aromatic rings. The van der Waals surface area contributed by atoms with E-state index in [0.717, 1.165) is 28.8 Å². The average Bonchev–Trinajstić information content (AvgIpc) is 3.16. The summed E-state index contributed by atoms with van der Waals surface area (Å²) in [6, 6.07) is 12.0.